The van der Waals surface area contributed by atoms with E-state index < -0.39 is 5.54 Å². The Bertz CT molecular complexity index is 707. The van der Waals surface area contributed by atoms with E-state index in [1.54, 1.807) is 0 Å². The highest BCUT2D eigenvalue weighted by atomic mass is 16.3. The van der Waals surface area contributed by atoms with E-state index in [-0.39, 0.29) is 24.3 Å². The highest BCUT2D eigenvalue weighted by molar-refractivity contribution is 6.09. The van der Waals surface area contributed by atoms with Crippen LogP contribution >= 0.6 is 0 Å². The van der Waals surface area contributed by atoms with Crippen molar-refractivity contribution in [3.8, 4) is 0 Å². The zero-order chi connectivity index (χ0) is 18.1. The van der Waals surface area contributed by atoms with Crippen molar-refractivity contribution in [2.45, 2.75) is 50.1 Å². The normalized spacial score (nSPS) is 29.7. The minimum Gasteiger partial charge on any atom is -0.396 e. The molecule has 6 nitrogen and oxygen atoms in total. The number of nitrogens with zero attached hydrogens (tertiary/aromatic N) is 1. The number of rotatable bonds is 6. The van der Waals surface area contributed by atoms with E-state index in [0.717, 1.165) is 56.3 Å². The molecule has 0 bridgehead atoms. The summed E-state index contributed by atoms with van der Waals surface area (Å²) < 4.78 is 0. The molecule has 0 aromatic heterocycles. The van der Waals surface area contributed by atoms with Crippen LogP contribution in [0.3, 0.4) is 0 Å². The van der Waals surface area contributed by atoms with Gasteiger partial charge in [0.2, 0.25) is 11.8 Å². The molecule has 3 heterocycles. The van der Waals surface area contributed by atoms with Crippen molar-refractivity contribution in [3.05, 3.63) is 29.8 Å². The van der Waals surface area contributed by atoms with Gasteiger partial charge in [-0.25, -0.2) is 0 Å². The summed E-state index contributed by atoms with van der Waals surface area (Å²) >= 11 is 0. The maximum Gasteiger partial charge on any atom is 0.250 e. The van der Waals surface area contributed by atoms with Gasteiger partial charge in [-0.2, -0.15) is 0 Å². The van der Waals surface area contributed by atoms with Gasteiger partial charge in [0.25, 0.3) is 0 Å². The Morgan fingerprint density at radius 3 is 3.00 bits per heavy atom. The first kappa shape index (κ1) is 17.5. The second-order valence-corrected chi connectivity index (χ2v) is 7.62. The molecule has 6 heteroatoms. The smallest absolute Gasteiger partial charge is 0.250 e. The van der Waals surface area contributed by atoms with E-state index in [9.17, 15) is 9.59 Å². The van der Waals surface area contributed by atoms with Crippen LogP contribution in [0.25, 0.3) is 0 Å². The zero-order valence-electron chi connectivity index (χ0n) is 15.0. The molecule has 0 radical (unpaired) electrons. The number of hydrogen-bond acceptors (Lipinski definition) is 4. The van der Waals surface area contributed by atoms with Crippen LogP contribution in [0.5, 0.6) is 0 Å². The summed E-state index contributed by atoms with van der Waals surface area (Å²) in [5.41, 5.74) is 0.938. The average molecular weight is 357 g/mol. The number of amides is 2. The van der Waals surface area contributed by atoms with Crippen LogP contribution in [0.2, 0.25) is 0 Å². The van der Waals surface area contributed by atoms with Gasteiger partial charge in [0.05, 0.1) is 5.92 Å². The van der Waals surface area contributed by atoms with Gasteiger partial charge in [0.15, 0.2) is 0 Å². The van der Waals surface area contributed by atoms with Crippen LogP contribution in [0.1, 0.15) is 44.1 Å². The lowest BCUT2D eigenvalue weighted by atomic mass is 9.78. The Morgan fingerprint density at radius 1 is 1.31 bits per heavy atom. The van der Waals surface area contributed by atoms with E-state index in [0.29, 0.717) is 12.6 Å². The van der Waals surface area contributed by atoms with E-state index in [4.69, 9.17) is 5.11 Å². The molecule has 0 saturated carbocycles. The van der Waals surface area contributed by atoms with Gasteiger partial charge in [-0.15, -0.1) is 0 Å². The van der Waals surface area contributed by atoms with Gasteiger partial charge >= 0.3 is 0 Å². The number of nitrogens with one attached hydrogen (secondary N) is 2. The number of para-hydroxylation sites is 1. The third-order valence-corrected chi connectivity index (χ3v) is 6.22. The van der Waals surface area contributed by atoms with Crippen LogP contribution in [0.15, 0.2) is 24.3 Å². The SMILES string of the molecule is O=C(NCCCCCO)[C@H]1C[C@H]2CCCN2[C@]12C(=O)Nc1ccccc12. The summed E-state index contributed by atoms with van der Waals surface area (Å²) in [5, 5.41) is 14.9. The molecular formula is C20H27N3O3. The first-order chi connectivity index (χ1) is 12.7. The number of aliphatic hydroxyl groups is 1. The molecule has 3 N–H and O–H groups in total. The molecule has 0 aliphatic carbocycles. The molecule has 1 aromatic rings. The Kier molecular flexibility index (Phi) is 4.71. The van der Waals surface area contributed by atoms with Gasteiger partial charge < -0.3 is 15.7 Å². The van der Waals surface area contributed by atoms with Gasteiger partial charge in [0, 0.05) is 30.4 Å². The first-order valence-corrected chi connectivity index (χ1v) is 9.76. The predicted octanol–water partition coefficient (Wildman–Crippen LogP) is 1.60. The number of benzene rings is 1. The maximum atomic E-state index is 13.2. The lowest BCUT2D eigenvalue weighted by Gasteiger charge is -2.36. The Labute approximate surface area is 153 Å². The maximum absolute atomic E-state index is 13.2. The summed E-state index contributed by atoms with van der Waals surface area (Å²) in [6, 6.07) is 8.10. The number of carbonyl (C=O) groups is 2. The first-order valence-electron chi connectivity index (χ1n) is 9.76. The summed E-state index contributed by atoms with van der Waals surface area (Å²) in [6.45, 7) is 1.65. The molecule has 2 amide bonds. The Hall–Kier alpha value is -1.92. The molecule has 1 spiro atoms. The average Bonchev–Trinajstić information content (AvgIpc) is 3.29. The third-order valence-electron chi connectivity index (χ3n) is 6.22. The number of hydrogen-bond donors (Lipinski definition) is 3. The van der Waals surface area contributed by atoms with E-state index in [2.05, 4.69) is 15.5 Å². The lowest BCUT2D eigenvalue weighted by molar-refractivity contribution is -0.137. The minimum atomic E-state index is -0.854. The van der Waals surface area contributed by atoms with E-state index in [1.165, 1.54) is 0 Å². The quantitative estimate of drug-likeness (QED) is 0.676. The number of unbranched alkanes of at least 4 members (excludes halogenated alkanes) is 2. The van der Waals surface area contributed by atoms with Crippen LogP contribution < -0.4 is 10.6 Å². The highest BCUT2D eigenvalue weighted by Crippen LogP contribution is 2.55. The van der Waals surface area contributed by atoms with Crippen molar-refractivity contribution in [1.29, 1.82) is 0 Å². The zero-order valence-corrected chi connectivity index (χ0v) is 15.0. The molecule has 3 atom stereocenters. The van der Waals surface area contributed by atoms with Crippen molar-refractivity contribution in [2.24, 2.45) is 5.92 Å². The lowest BCUT2D eigenvalue weighted by Crippen LogP contribution is -2.54. The molecule has 4 rings (SSSR count). The van der Waals surface area contributed by atoms with Crippen LogP contribution in [-0.4, -0.2) is 47.6 Å². The number of carbonyl (C=O) groups excluding carboxylic acids is 2. The summed E-state index contributed by atoms with van der Waals surface area (Å²) in [4.78, 5) is 28.5. The summed E-state index contributed by atoms with van der Waals surface area (Å²) in [7, 11) is 0. The largest absolute Gasteiger partial charge is 0.396 e. The van der Waals surface area contributed by atoms with Gasteiger partial charge in [-0.1, -0.05) is 18.2 Å². The number of aliphatic hydroxyl groups excluding tert-OH is 1. The molecule has 2 saturated heterocycles. The fourth-order valence-corrected chi connectivity index (χ4v) is 5.13. The Morgan fingerprint density at radius 2 is 2.15 bits per heavy atom. The van der Waals surface area contributed by atoms with Crippen molar-refractivity contribution >= 4 is 17.5 Å². The van der Waals surface area contributed by atoms with Crippen molar-refractivity contribution in [2.75, 3.05) is 25.0 Å². The third kappa shape index (κ3) is 2.55. The molecule has 3 aliphatic rings. The van der Waals surface area contributed by atoms with Crippen molar-refractivity contribution in [3.63, 3.8) is 0 Å². The van der Waals surface area contributed by atoms with Gasteiger partial charge in [0.1, 0.15) is 5.54 Å². The molecule has 26 heavy (non-hydrogen) atoms. The van der Waals surface area contributed by atoms with E-state index >= 15 is 0 Å². The van der Waals surface area contributed by atoms with Crippen LogP contribution in [-0.2, 0) is 15.1 Å². The van der Waals surface area contributed by atoms with Gasteiger partial charge in [-0.05, 0) is 51.1 Å². The second-order valence-electron chi connectivity index (χ2n) is 7.62. The van der Waals surface area contributed by atoms with Gasteiger partial charge in [-0.3, -0.25) is 14.5 Å². The molecule has 140 valence electrons. The standard InChI is InChI=1S/C20H27N3O3/c24-12-5-1-4-10-21-18(25)16-13-14-7-6-11-23(14)20(16)15-8-2-3-9-17(15)22-19(20)26/h2-3,8-9,14,16,24H,1,4-7,10-13H2,(H,21,25)(H,22,26)/t14-,16-,20+/m1/s1. The second kappa shape index (κ2) is 7.00. The van der Waals surface area contributed by atoms with E-state index in [1.807, 2.05) is 24.3 Å². The van der Waals surface area contributed by atoms with Crippen LogP contribution in [0.4, 0.5) is 5.69 Å². The fraction of sp³-hybridized carbons (Fsp3) is 0.600. The molecule has 1 aromatic carbocycles. The van der Waals surface area contributed by atoms with Crippen molar-refractivity contribution < 1.29 is 14.7 Å². The molecule has 0 unspecified atom stereocenters. The topological polar surface area (TPSA) is 81.7 Å². The van der Waals surface area contributed by atoms with Crippen molar-refractivity contribution in [1.82, 2.24) is 10.2 Å². The monoisotopic (exact) mass is 357 g/mol. The molecule has 3 aliphatic heterocycles. The predicted molar refractivity (Wildman–Crippen MR) is 98.5 cm³/mol. The minimum absolute atomic E-state index is 0.0183. The fourth-order valence-electron chi connectivity index (χ4n) is 5.13. The molecule has 2 fully saturated rings. The summed E-state index contributed by atoms with van der Waals surface area (Å²) in [5.74, 6) is -0.423. The number of anilines is 1. The van der Waals surface area contributed by atoms with Crippen LogP contribution in [0, 0.1) is 5.92 Å². The summed E-state index contributed by atoms with van der Waals surface area (Å²) in [6.07, 6.45) is 5.38. The highest BCUT2D eigenvalue weighted by Gasteiger charge is 2.65. The Balaban J connectivity index is 1.60. The number of fused-ring (bicyclic) bond motifs is 4. The molecular weight excluding hydrogens is 330 g/mol.